The van der Waals surface area contributed by atoms with Crippen LogP contribution in [0, 0.1) is 16.5 Å². The van der Waals surface area contributed by atoms with Crippen molar-refractivity contribution in [1.82, 2.24) is 9.78 Å². The largest absolute Gasteiger partial charge is 0.475 e. The van der Waals surface area contributed by atoms with Gasteiger partial charge in [0.25, 0.3) is 5.88 Å². The van der Waals surface area contributed by atoms with E-state index >= 15 is 0 Å². The summed E-state index contributed by atoms with van der Waals surface area (Å²) in [6.07, 6.45) is -2.11. The van der Waals surface area contributed by atoms with E-state index in [9.17, 15) is 28.1 Å². The van der Waals surface area contributed by atoms with Gasteiger partial charge in [-0.05, 0) is 18.9 Å². The van der Waals surface area contributed by atoms with Crippen molar-refractivity contribution in [3.8, 4) is 17.4 Å². The molecule has 0 saturated carbocycles. The Kier molecular flexibility index (Phi) is 9.29. The molecule has 0 aliphatic rings. The van der Waals surface area contributed by atoms with Crippen LogP contribution in [-0.2, 0) is 27.5 Å². The van der Waals surface area contributed by atoms with E-state index < -0.39 is 46.0 Å². The van der Waals surface area contributed by atoms with Crippen molar-refractivity contribution >= 4 is 23.3 Å². The molecule has 181 valence electrons. The quantitative estimate of drug-likeness (QED) is 0.185. The van der Waals surface area contributed by atoms with E-state index in [1.165, 1.54) is 0 Å². The minimum absolute atomic E-state index is 0.0309. The number of esters is 1. The molecule has 1 aromatic carbocycles. The van der Waals surface area contributed by atoms with Gasteiger partial charge in [0.2, 0.25) is 5.75 Å². The van der Waals surface area contributed by atoms with Crippen LogP contribution < -0.4 is 9.47 Å². The van der Waals surface area contributed by atoms with Gasteiger partial charge in [-0.1, -0.05) is 18.5 Å². The van der Waals surface area contributed by atoms with E-state index in [4.69, 9.17) is 30.5 Å². The Labute approximate surface area is 191 Å². The lowest BCUT2D eigenvalue weighted by Gasteiger charge is -2.10. The SMILES string of the molecule is C[CH]CCOCCOC(=O)COc1cc(Oc2nn(C)c(C(F)(F)F)c2Cl)ccc1[N+](=O)[O-]. The van der Waals surface area contributed by atoms with Crippen molar-refractivity contribution in [1.29, 1.82) is 0 Å². The highest BCUT2D eigenvalue weighted by atomic mass is 35.5. The van der Waals surface area contributed by atoms with Gasteiger partial charge in [0.05, 0.1) is 11.5 Å². The van der Waals surface area contributed by atoms with Crippen LogP contribution in [0.15, 0.2) is 18.2 Å². The van der Waals surface area contributed by atoms with E-state index in [1.54, 1.807) is 0 Å². The van der Waals surface area contributed by atoms with Crippen LogP contribution in [0.1, 0.15) is 19.0 Å². The van der Waals surface area contributed by atoms with Crippen LogP contribution >= 0.6 is 11.6 Å². The number of unbranched alkanes of at least 4 members (excludes halogenated alkanes) is 1. The zero-order valence-electron chi connectivity index (χ0n) is 17.6. The highest BCUT2D eigenvalue weighted by molar-refractivity contribution is 6.32. The molecule has 0 spiro atoms. The number of aromatic nitrogens is 2. The number of carbonyl (C=O) groups is 1. The number of alkyl halides is 3. The first-order chi connectivity index (χ1) is 15.5. The van der Waals surface area contributed by atoms with Crippen LogP contribution in [-0.4, -0.2) is 47.1 Å². The summed E-state index contributed by atoms with van der Waals surface area (Å²) in [6, 6.07) is 3.14. The molecule has 0 fully saturated rings. The van der Waals surface area contributed by atoms with Crippen LogP contribution in [0.3, 0.4) is 0 Å². The van der Waals surface area contributed by atoms with E-state index in [1.807, 2.05) is 13.3 Å². The molecule has 1 aromatic heterocycles. The minimum atomic E-state index is -4.77. The molecule has 2 rings (SSSR count). The second kappa shape index (κ2) is 11.7. The Hall–Kier alpha value is -3.06. The highest BCUT2D eigenvalue weighted by Crippen LogP contribution is 2.41. The fraction of sp³-hybridized carbons (Fsp3) is 0.421. The second-order valence-electron chi connectivity index (χ2n) is 6.40. The number of nitro benzene ring substituents is 1. The Morgan fingerprint density at radius 2 is 2.03 bits per heavy atom. The van der Waals surface area contributed by atoms with E-state index in [0.717, 1.165) is 31.7 Å². The van der Waals surface area contributed by atoms with E-state index in [-0.39, 0.29) is 24.7 Å². The van der Waals surface area contributed by atoms with Gasteiger partial charge in [0, 0.05) is 25.8 Å². The highest BCUT2D eigenvalue weighted by Gasteiger charge is 2.39. The molecule has 0 saturated heterocycles. The molecular weight excluding hydrogens is 475 g/mol. The van der Waals surface area contributed by atoms with Crippen LogP contribution in [0.5, 0.6) is 17.4 Å². The van der Waals surface area contributed by atoms with Gasteiger partial charge >= 0.3 is 17.8 Å². The standard InChI is InChI=1S/C19H20ClF3N3O7/c1-3-4-7-30-8-9-31-15(27)11-32-14-10-12(5-6-13(14)26(28)29)33-18-16(20)17(19(21,22)23)25(2)24-18/h3,5-6,10H,4,7-9,11H2,1-2H3. The van der Waals surface area contributed by atoms with Gasteiger partial charge in [0.1, 0.15) is 17.4 Å². The monoisotopic (exact) mass is 494 g/mol. The number of aryl methyl sites for hydroxylation is 1. The lowest BCUT2D eigenvalue weighted by molar-refractivity contribution is -0.385. The predicted octanol–water partition coefficient (Wildman–Crippen LogP) is 4.35. The zero-order chi connectivity index (χ0) is 24.6. The fourth-order valence-corrected chi connectivity index (χ4v) is 2.78. The molecule has 14 heteroatoms. The number of carbonyl (C=O) groups excluding carboxylic acids is 1. The summed E-state index contributed by atoms with van der Waals surface area (Å²) in [7, 11) is 1.03. The topological polar surface area (TPSA) is 115 Å². The maximum Gasteiger partial charge on any atom is 0.434 e. The summed E-state index contributed by atoms with van der Waals surface area (Å²) in [6.45, 7) is 1.85. The molecule has 1 heterocycles. The summed E-state index contributed by atoms with van der Waals surface area (Å²) in [5.41, 5.74) is -1.73. The van der Waals surface area contributed by atoms with Gasteiger partial charge in [-0.15, -0.1) is 5.10 Å². The third-order valence-electron chi connectivity index (χ3n) is 3.96. The number of ether oxygens (including phenoxy) is 4. The van der Waals surface area contributed by atoms with Crippen molar-refractivity contribution in [2.24, 2.45) is 7.05 Å². The molecule has 1 radical (unpaired) electrons. The first-order valence-corrected chi connectivity index (χ1v) is 9.82. The molecule has 0 atom stereocenters. The molecule has 0 aliphatic carbocycles. The van der Waals surface area contributed by atoms with Crippen LogP contribution in [0.2, 0.25) is 5.02 Å². The number of halogens is 4. The zero-order valence-corrected chi connectivity index (χ0v) is 18.3. The van der Waals surface area contributed by atoms with Crippen molar-refractivity contribution in [2.45, 2.75) is 19.5 Å². The number of hydrogen-bond donors (Lipinski definition) is 0. The average Bonchev–Trinajstić information content (AvgIpc) is 3.01. The third-order valence-corrected chi connectivity index (χ3v) is 4.30. The van der Waals surface area contributed by atoms with Crippen molar-refractivity contribution in [3.05, 3.63) is 45.5 Å². The van der Waals surface area contributed by atoms with Gasteiger partial charge in [-0.3, -0.25) is 14.8 Å². The summed E-state index contributed by atoms with van der Waals surface area (Å²) < 4.78 is 60.2. The van der Waals surface area contributed by atoms with Crippen molar-refractivity contribution < 1.29 is 41.8 Å². The molecule has 0 unspecified atom stereocenters. The van der Waals surface area contributed by atoms with Gasteiger partial charge < -0.3 is 18.9 Å². The lowest BCUT2D eigenvalue weighted by Crippen LogP contribution is -2.18. The molecule has 0 bridgehead atoms. The second-order valence-corrected chi connectivity index (χ2v) is 6.77. The van der Waals surface area contributed by atoms with E-state index in [2.05, 4.69) is 5.10 Å². The average molecular weight is 495 g/mol. The van der Waals surface area contributed by atoms with Crippen molar-refractivity contribution in [2.75, 3.05) is 26.4 Å². The first kappa shape index (κ1) is 26.2. The summed E-state index contributed by atoms with van der Waals surface area (Å²) in [4.78, 5) is 22.3. The molecular formula is C19H20ClF3N3O7. The van der Waals surface area contributed by atoms with Crippen LogP contribution in [0.4, 0.5) is 18.9 Å². The molecule has 33 heavy (non-hydrogen) atoms. The van der Waals surface area contributed by atoms with Gasteiger partial charge in [-0.2, -0.15) is 13.2 Å². The first-order valence-electron chi connectivity index (χ1n) is 9.44. The Bertz CT molecular complexity index is 982. The molecule has 0 amide bonds. The summed E-state index contributed by atoms with van der Waals surface area (Å²) >= 11 is 5.74. The Morgan fingerprint density at radius 3 is 2.64 bits per heavy atom. The normalized spacial score (nSPS) is 11.3. The number of hydrogen-bond acceptors (Lipinski definition) is 8. The molecule has 0 aliphatic heterocycles. The molecule has 2 aromatic rings. The number of rotatable bonds is 12. The lowest BCUT2D eigenvalue weighted by atomic mass is 10.3. The molecule has 0 N–H and O–H groups in total. The third kappa shape index (κ3) is 7.49. The fourth-order valence-electron chi connectivity index (χ4n) is 2.48. The molecule has 10 nitrogen and oxygen atoms in total. The maximum absolute atomic E-state index is 13.1. The van der Waals surface area contributed by atoms with Gasteiger partial charge in [0.15, 0.2) is 12.3 Å². The number of nitro groups is 1. The Balaban J connectivity index is 2.06. The summed E-state index contributed by atoms with van der Waals surface area (Å²) in [5, 5.41) is 14.0. The Morgan fingerprint density at radius 1 is 1.30 bits per heavy atom. The van der Waals surface area contributed by atoms with Crippen LogP contribution in [0.25, 0.3) is 0 Å². The van der Waals surface area contributed by atoms with Gasteiger partial charge in [-0.25, -0.2) is 4.79 Å². The summed E-state index contributed by atoms with van der Waals surface area (Å²) in [5.74, 6) is -1.89. The predicted molar refractivity (Wildman–Crippen MR) is 108 cm³/mol. The maximum atomic E-state index is 13.1. The minimum Gasteiger partial charge on any atom is -0.475 e. The van der Waals surface area contributed by atoms with E-state index in [0.29, 0.717) is 11.3 Å². The van der Waals surface area contributed by atoms with Crippen molar-refractivity contribution in [3.63, 3.8) is 0 Å². The number of benzene rings is 1. The smallest absolute Gasteiger partial charge is 0.434 e. The number of nitrogens with zero attached hydrogens (tertiary/aromatic N) is 3.